The maximum Gasteiger partial charge on any atom is 0.160 e. The molecule has 0 fully saturated rings. The minimum absolute atomic E-state index is 0.700. The largest absolute Gasteiger partial charge is 0.309 e. The van der Waals surface area contributed by atoms with Gasteiger partial charge in [0.05, 0.1) is 22.4 Å². The fourth-order valence-corrected chi connectivity index (χ4v) is 9.40. The van der Waals surface area contributed by atoms with Crippen molar-refractivity contribution in [3.05, 3.63) is 200 Å². The van der Waals surface area contributed by atoms with Crippen LogP contribution >= 0.6 is 11.3 Å². The smallest absolute Gasteiger partial charge is 0.160 e. The van der Waals surface area contributed by atoms with Crippen molar-refractivity contribution in [2.24, 2.45) is 0 Å². The van der Waals surface area contributed by atoms with Crippen molar-refractivity contribution in [2.75, 3.05) is 0 Å². The molecule has 0 aliphatic rings. The summed E-state index contributed by atoms with van der Waals surface area (Å²) in [4.78, 5) is 10.2. The van der Waals surface area contributed by atoms with Crippen LogP contribution in [-0.4, -0.2) is 14.5 Å². The molecule has 4 heteroatoms. The summed E-state index contributed by atoms with van der Waals surface area (Å²) in [5, 5.41) is 5.04. The summed E-state index contributed by atoms with van der Waals surface area (Å²) in [6, 6.07) is 71.3. The first-order valence-corrected chi connectivity index (χ1v) is 19.7. The van der Waals surface area contributed by atoms with Crippen LogP contribution in [0.4, 0.5) is 0 Å². The van der Waals surface area contributed by atoms with Crippen LogP contribution in [0, 0.1) is 0 Å². The lowest BCUT2D eigenvalue weighted by Gasteiger charge is -2.12. The monoisotopic (exact) mass is 731 g/mol. The molecule has 0 saturated heterocycles. The Bertz CT molecular complexity index is 3150. The molecule has 3 aromatic heterocycles. The Morgan fingerprint density at radius 3 is 1.62 bits per heavy atom. The molecule has 0 unspecified atom stereocenters. The van der Waals surface area contributed by atoms with E-state index in [1.165, 1.54) is 64.2 Å². The number of benzene rings is 8. The van der Waals surface area contributed by atoms with Gasteiger partial charge in [0, 0.05) is 53.3 Å². The minimum atomic E-state index is 0.700. The Morgan fingerprint density at radius 1 is 0.393 bits per heavy atom. The van der Waals surface area contributed by atoms with Crippen LogP contribution in [0.5, 0.6) is 0 Å². The number of fused-ring (bicyclic) bond motifs is 7. The molecule has 0 spiro atoms. The third kappa shape index (κ3) is 5.42. The first-order valence-electron chi connectivity index (χ1n) is 18.9. The fourth-order valence-electron chi connectivity index (χ4n) is 8.16. The first kappa shape index (κ1) is 32.3. The van der Waals surface area contributed by atoms with Gasteiger partial charge in [-0.3, -0.25) is 0 Å². The molecule has 0 N–H and O–H groups in total. The van der Waals surface area contributed by atoms with Gasteiger partial charge in [-0.2, -0.15) is 0 Å². The second-order valence-electron chi connectivity index (χ2n) is 14.2. The number of nitrogens with zero attached hydrogens (tertiary/aromatic N) is 3. The standard InChI is InChI=1S/C52H33N3S/c1-5-14-34(15-6-1)39-26-30-47-44(32-39)42-29-31-48-49(43-23-13-22-41(51(43)56-48)35-16-7-2-8-17-35)50(42)55(47)40-27-24-38(25-28-40)52-53-45(36-18-9-3-10-19-36)33-46(54-52)37-20-11-4-12-21-37/h1-33H. The molecule has 11 rings (SSSR count). The van der Waals surface area contributed by atoms with Gasteiger partial charge in [-0.15, -0.1) is 11.3 Å². The molecule has 0 saturated carbocycles. The second kappa shape index (κ2) is 13.3. The van der Waals surface area contributed by atoms with E-state index in [-0.39, 0.29) is 0 Å². The third-order valence-corrected chi connectivity index (χ3v) is 12.0. The molecular weight excluding hydrogens is 699 g/mol. The van der Waals surface area contributed by atoms with Gasteiger partial charge in [0.1, 0.15) is 0 Å². The van der Waals surface area contributed by atoms with Crippen molar-refractivity contribution in [1.82, 2.24) is 14.5 Å². The van der Waals surface area contributed by atoms with Gasteiger partial charge in [0.25, 0.3) is 0 Å². The lowest BCUT2D eigenvalue weighted by atomic mass is 10.0. The predicted molar refractivity (Wildman–Crippen MR) is 236 cm³/mol. The highest BCUT2D eigenvalue weighted by atomic mass is 32.1. The molecule has 11 aromatic rings. The van der Waals surface area contributed by atoms with E-state index in [9.17, 15) is 0 Å². The van der Waals surface area contributed by atoms with Crippen LogP contribution < -0.4 is 0 Å². The van der Waals surface area contributed by atoms with Crippen molar-refractivity contribution in [3.63, 3.8) is 0 Å². The number of thiophene rings is 1. The van der Waals surface area contributed by atoms with Gasteiger partial charge in [0.15, 0.2) is 5.82 Å². The zero-order valence-electron chi connectivity index (χ0n) is 30.3. The lowest BCUT2D eigenvalue weighted by Crippen LogP contribution is -1.97. The number of hydrogen-bond acceptors (Lipinski definition) is 3. The maximum absolute atomic E-state index is 5.11. The molecule has 0 bridgehead atoms. The fraction of sp³-hybridized carbons (Fsp3) is 0. The van der Waals surface area contributed by atoms with E-state index in [0.717, 1.165) is 33.8 Å². The zero-order valence-corrected chi connectivity index (χ0v) is 31.1. The maximum atomic E-state index is 5.11. The molecular formula is C52H33N3S. The van der Waals surface area contributed by atoms with Gasteiger partial charge in [-0.1, -0.05) is 152 Å². The molecule has 56 heavy (non-hydrogen) atoms. The average molecular weight is 732 g/mol. The lowest BCUT2D eigenvalue weighted by molar-refractivity contribution is 1.17. The summed E-state index contributed by atoms with van der Waals surface area (Å²) in [5.41, 5.74) is 13.3. The quantitative estimate of drug-likeness (QED) is 0.170. The SMILES string of the molecule is c1ccc(-c2ccc3c(c2)c2ccc4sc5c(-c6ccccc6)cccc5c4c2n3-c2ccc(-c3nc(-c4ccccc4)cc(-c4ccccc4)n3)cc2)cc1. The first-order chi connectivity index (χ1) is 27.8. The van der Waals surface area contributed by atoms with Crippen LogP contribution in [0.2, 0.25) is 0 Å². The van der Waals surface area contributed by atoms with Crippen molar-refractivity contribution in [3.8, 4) is 61.8 Å². The molecule has 0 amide bonds. The van der Waals surface area contributed by atoms with E-state index >= 15 is 0 Å². The highest BCUT2D eigenvalue weighted by molar-refractivity contribution is 7.26. The molecule has 8 aromatic carbocycles. The van der Waals surface area contributed by atoms with E-state index in [1.807, 2.05) is 23.5 Å². The Morgan fingerprint density at radius 2 is 0.982 bits per heavy atom. The topological polar surface area (TPSA) is 30.7 Å². The van der Waals surface area contributed by atoms with Crippen molar-refractivity contribution in [1.29, 1.82) is 0 Å². The normalized spacial score (nSPS) is 11.6. The van der Waals surface area contributed by atoms with E-state index in [0.29, 0.717) is 5.82 Å². The molecule has 0 atom stereocenters. The third-order valence-electron chi connectivity index (χ3n) is 10.8. The molecule has 262 valence electrons. The molecule has 3 nitrogen and oxygen atoms in total. The van der Waals surface area contributed by atoms with Gasteiger partial charge >= 0.3 is 0 Å². The van der Waals surface area contributed by atoms with Crippen LogP contribution in [0.15, 0.2) is 200 Å². The highest BCUT2D eigenvalue weighted by Gasteiger charge is 2.20. The van der Waals surface area contributed by atoms with Gasteiger partial charge < -0.3 is 4.57 Å². The van der Waals surface area contributed by atoms with E-state index < -0.39 is 0 Å². The predicted octanol–water partition coefficient (Wildman–Crippen LogP) is 14.3. The molecule has 0 radical (unpaired) electrons. The summed E-state index contributed by atoms with van der Waals surface area (Å²) in [5.74, 6) is 0.700. The zero-order chi connectivity index (χ0) is 37.0. The Balaban J connectivity index is 1.13. The molecule has 0 aliphatic carbocycles. The number of rotatable bonds is 6. The van der Waals surface area contributed by atoms with E-state index in [2.05, 4.69) is 193 Å². The Hall–Kier alpha value is -7.14. The summed E-state index contributed by atoms with van der Waals surface area (Å²) in [6.45, 7) is 0. The summed E-state index contributed by atoms with van der Waals surface area (Å²) >= 11 is 1.88. The number of hydrogen-bond donors (Lipinski definition) is 0. The van der Waals surface area contributed by atoms with Crippen LogP contribution in [0.1, 0.15) is 0 Å². The highest BCUT2D eigenvalue weighted by Crippen LogP contribution is 2.46. The van der Waals surface area contributed by atoms with Gasteiger partial charge in [-0.25, -0.2) is 9.97 Å². The molecule has 3 heterocycles. The van der Waals surface area contributed by atoms with Crippen molar-refractivity contribution < 1.29 is 0 Å². The van der Waals surface area contributed by atoms with Crippen LogP contribution in [0.3, 0.4) is 0 Å². The second-order valence-corrected chi connectivity index (χ2v) is 15.2. The minimum Gasteiger partial charge on any atom is -0.309 e. The summed E-state index contributed by atoms with van der Waals surface area (Å²) < 4.78 is 5.05. The van der Waals surface area contributed by atoms with Gasteiger partial charge in [-0.05, 0) is 70.8 Å². The summed E-state index contributed by atoms with van der Waals surface area (Å²) in [6.07, 6.45) is 0. The Kier molecular flexibility index (Phi) is 7.68. The van der Waals surface area contributed by atoms with Crippen molar-refractivity contribution >= 4 is 53.3 Å². The van der Waals surface area contributed by atoms with Crippen molar-refractivity contribution in [2.45, 2.75) is 0 Å². The number of aromatic nitrogens is 3. The Labute approximate surface area is 328 Å². The van der Waals surface area contributed by atoms with Crippen LogP contribution in [-0.2, 0) is 0 Å². The van der Waals surface area contributed by atoms with E-state index in [1.54, 1.807) is 0 Å². The van der Waals surface area contributed by atoms with E-state index in [4.69, 9.17) is 9.97 Å². The van der Waals surface area contributed by atoms with Crippen LogP contribution in [0.25, 0.3) is 104 Å². The average Bonchev–Trinajstić information content (AvgIpc) is 3.83. The van der Waals surface area contributed by atoms with Gasteiger partial charge in [0.2, 0.25) is 0 Å². The molecule has 0 aliphatic heterocycles. The summed E-state index contributed by atoms with van der Waals surface area (Å²) in [7, 11) is 0.